The largest absolute Gasteiger partial charge is 0.450 e. The Bertz CT molecular complexity index is 490. The number of aromatic nitrogens is 1. The van der Waals surface area contributed by atoms with E-state index in [1.54, 1.807) is 6.92 Å². The first kappa shape index (κ1) is 10.5. The van der Waals surface area contributed by atoms with E-state index >= 15 is 0 Å². The van der Waals surface area contributed by atoms with Crippen LogP contribution in [0.5, 0.6) is 0 Å². The van der Waals surface area contributed by atoms with Crippen LogP contribution in [0.1, 0.15) is 12.5 Å². The van der Waals surface area contributed by atoms with Gasteiger partial charge in [-0.3, -0.25) is 0 Å². The quantitative estimate of drug-likeness (QED) is 0.831. The summed E-state index contributed by atoms with van der Waals surface area (Å²) >= 11 is 0. The molecule has 0 aliphatic heterocycles. The first-order valence-electron chi connectivity index (χ1n) is 5.27. The summed E-state index contributed by atoms with van der Waals surface area (Å²) < 4.78 is 4.79. The van der Waals surface area contributed by atoms with Gasteiger partial charge in [0.1, 0.15) is 0 Å². The maximum Gasteiger partial charge on any atom is 0.407 e. The number of carbonyl (C=O) groups excluding carboxylic acids is 1. The molecule has 0 unspecified atom stereocenters. The zero-order valence-corrected chi connectivity index (χ0v) is 9.12. The van der Waals surface area contributed by atoms with Gasteiger partial charge in [-0.25, -0.2) is 4.79 Å². The molecule has 4 heteroatoms. The lowest BCUT2D eigenvalue weighted by atomic mass is 10.2. The third-order valence-electron chi connectivity index (χ3n) is 2.37. The van der Waals surface area contributed by atoms with E-state index in [-0.39, 0.29) is 6.09 Å². The molecule has 1 amide bonds. The van der Waals surface area contributed by atoms with Gasteiger partial charge in [0, 0.05) is 23.6 Å². The molecule has 1 heterocycles. The van der Waals surface area contributed by atoms with Crippen LogP contribution < -0.4 is 5.32 Å². The van der Waals surface area contributed by atoms with E-state index in [0.29, 0.717) is 13.2 Å². The molecule has 1 aromatic carbocycles. The minimum Gasteiger partial charge on any atom is -0.450 e. The number of alkyl carbamates (subject to hydrolysis) is 1. The molecule has 4 nitrogen and oxygen atoms in total. The van der Waals surface area contributed by atoms with Gasteiger partial charge in [0.25, 0.3) is 0 Å². The fourth-order valence-electron chi connectivity index (χ4n) is 1.63. The minimum absolute atomic E-state index is 0.382. The summed E-state index contributed by atoms with van der Waals surface area (Å²) in [6, 6.07) is 7.97. The second kappa shape index (κ2) is 4.70. The van der Waals surface area contributed by atoms with E-state index in [2.05, 4.69) is 10.3 Å². The van der Waals surface area contributed by atoms with Crippen molar-refractivity contribution < 1.29 is 9.53 Å². The molecule has 0 radical (unpaired) electrons. The average molecular weight is 218 g/mol. The zero-order chi connectivity index (χ0) is 11.4. The molecule has 16 heavy (non-hydrogen) atoms. The lowest BCUT2D eigenvalue weighted by Crippen LogP contribution is -2.23. The van der Waals surface area contributed by atoms with Gasteiger partial charge in [-0.2, -0.15) is 0 Å². The number of rotatable bonds is 3. The molecule has 0 atom stereocenters. The molecule has 0 saturated carbocycles. The summed E-state index contributed by atoms with van der Waals surface area (Å²) in [7, 11) is 0. The van der Waals surface area contributed by atoms with Crippen LogP contribution in [0.2, 0.25) is 0 Å². The van der Waals surface area contributed by atoms with Gasteiger partial charge in [0.2, 0.25) is 0 Å². The average Bonchev–Trinajstić information content (AvgIpc) is 2.70. The molecule has 0 aliphatic rings. The number of amides is 1. The van der Waals surface area contributed by atoms with Gasteiger partial charge in [-0.1, -0.05) is 18.2 Å². The van der Waals surface area contributed by atoms with Crippen LogP contribution >= 0.6 is 0 Å². The maximum absolute atomic E-state index is 11.1. The smallest absolute Gasteiger partial charge is 0.407 e. The van der Waals surface area contributed by atoms with Gasteiger partial charge in [0.15, 0.2) is 0 Å². The van der Waals surface area contributed by atoms with Crippen molar-refractivity contribution >= 4 is 17.0 Å². The van der Waals surface area contributed by atoms with Crippen molar-refractivity contribution in [1.82, 2.24) is 10.3 Å². The highest BCUT2D eigenvalue weighted by Gasteiger charge is 2.04. The molecular weight excluding hydrogens is 204 g/mol. The van der Waals surface area contributed by atoms with E-state index in [9.17, 15) is 4.79 Å². The van der Waals surface area contributed by atoms with Gasteiger partial charge in [-0.05, 0) is 18.6 Å². The van der Waals surface area contributed by atoms with Crippen molar-refractivity contribution in [2.24, 2.45) is 0 Å². The number of fused-ring (bicyclic) bond motifs is 1. The van der Waals surface area contributed by atoms with Crippen molar-refractivity contribution in [3.05, 3.63) is 36.0 Å². The van der Waals surface area contributed by atoms with Crippen LogP contribution in [0.15, 0.2) is 30.5 Å². The van der Waals surface area contributed by atoms with Crippen LogP contribution in [0.4, 0.5) is 4.79 Å². The molecule has 84 valence electrons. The number of carbonyl (C=O) groups is 1. The molecule has 0 spiro atoms. The Hall–Kier alpha value is -1.97. The summed E-state index contributed by atoms with van der Waals surface area (Å²) in [5, 5.41) is 3.82. The van der Waals surface area contributed by atoms with Gasteiger partial charge < -0.3 is 15.0 Å². The normalized spacial score (nSPS) is 10.3. The third-order valence-corrected chi connectivity index (χ3v) is 2.37. The molecule has 2 aromatic rings. The third kappa shape index (κ3) is 2.16. The van der Waals surface area contributed by atoms with E-state index in [1.807, 2.05) is 30.5 Å². The lowest BCUT2D eigenvalue weighted by Gasteiger charge is -2.03. The topological polar surface area (TPSA) is 54.1 Å². The lowest BCUT2D eigenvalue weighted by molar-refractivity contribution is 0.151. The van der Waals surface area contributed by atoms with Crippen molar-refractivity contribution in [2.75, 3.05) is 6.61 Å². The molecule has 1 aromatic heterocycles. The monoisotopic (exact) mass is 218 g/mol. The Kier molecular flexibility index (Phi) is 3.10. The van der Waals surface area contributed by atoms with Crippen LogP contribution in [0.3, 0.4) is 0 Å². The predicted molar refractivity (Wildman–Crippen MR) is 62.2 cm³/mol. The molecule has 0 aliphatic carbocycles. The highest BCUT2D eigenvalue weighted by molar-refractivity contribution is 5.83. The van der Waals surface area contributed by atoms with Crippen LogP contribution in [-0.2, 0) is 11.3 Å². The first-order valence-corrected chi connectivity index (χ1v) is 5.27. The van der Waals surface area contributed by atoms with Crippen molar-refractivity contribution in [2.45, 2.75) is 13.5 Å². The highest BCUT2D eigenvalue weighted by Crippen LogP contribution is 2.17. The van der Waals surface area contributed by atoms with E-state index in [1.165, 1.54) is 0 Å². The number of hydrogen-bond acceptors (Lipinski definition) is 2. The summed E-state index contributed by atoms with van der Waals surface area (Å²) in [4.78, 5) is 14.3. The number of para-hydroxylation sites is 1. The second-order valence-corrected chi connectivity index (χ2v) is 3.43. The maximum atomic E-state index is 11.1. The highest BCUT2D eigenvalue weighted by atomic mass is 16.5. The Morgan fingerprint density at radius 3 is 3.06 bits per heavy atom. The number of benzene rings is 1. The van der Waals surface area contributed by atoms with Gasteiger partial charge >= 0.3 is 6.09 Å². The Balaban J connectivity index is 2.07. The van der Waals surface area contributed by atoms with Crippen LogP contribution in [-0.4, -0.2) is 17.7 Å². The number of ether oxygens (including phenoxy) is 1. The van der Waals surface area contributed by atoms with E-state index in [0.717, 1.165) is 16.5 Å². The second-order valence-electron chi connectivity index (χ2n) is 3.43. The molecular formula is C12H14N2O2. The van der Waals surface area contributed by atoms with Gasteiger partial charge in [0.05, 0.1) is 6.61 Å². The summed E-state index contributed by atoms with van der Waals surface area (Å²) in [5.41, 5.74) is 2.13. The predicted octanol–water partition coefficient (Wildman–Crippen LogP) is 2.41. The summed E-state index contributed by atoms with van der Waals surface area (Å²) in [5.74, 6) is 0. The molecule has 0 saturated heterocycles. The fourth-order valence-corrected chi connectivity index (χ4v) is 1.63. The summed E-state index contributed by atoms with van der Waals surface area (Å²) in [6.07, 6.45) is 1.52. The standard InChI is InChI=1S/C12H14N2O2/c1-2-16-12(15)14-8-9-7-13-11-6-4-3-5-10(9)11/h3-7,13H,2,8H2,1H3,(H,14,15). The summed E-state index contributed by atoms with van der Waals surface area (Å²) in [6.45, 7) is 2.65. The Morgan fingerprint density at radius 2 is 2.25 bits per heavy atom. The number of H-pyrrole nitrogens is 1. The fraction of sp³-hybridized carbons (Fsp3) is 0.250. The molecule has 2 rings (SSSR count). The SMILES string of the molecule is CCOC(=O)NCc1c[nH]c2ccccc12. The van der Waals surface area contributed by atoms with Crippen LogP contribution in [0, 0.1) is 0 Å². The van der Waals surface area contributed by atoms with Crippen molar-refractivity contribution in [3.8, 4) is 0 Å². The van der Waals surface area contributed by atoms with Gasteiger partial charge in [-0.15, -0.1) is 0 Å². The number of aromatic amines is 1. The number of nitrogens with one attached hydrogen (secondary N) is 2. The van der Waals surface area contributed by atoms with Crippen molar-refractivity contribution in [3.63, 3.8) is 0 Å². The molecule has 0 bridgehead atoms. The molecule has 0 fully saturated rings. The first-order chi connectivity index (χ1) is 7.81. The van der Waals surface area contributed by atoms with E-state index in [4.69, 9.17) is 4.74 Å². The van der Waals surface area contributed by atoms with Crippen molar-refractivity contribution in [1.29, 1.82) is 0 Å². The zero-order valence-electron chi connectivity index (χ0n) is 9.12. The number of hydrogen-bond donors (Lipinski definition) is 2. The minimum atomic E-state index is -0.382. The van der Waals surface area contributed by atoms with E-state index < -0.39 is 0 Å². The van der Waals surface area contributed by atoms with Crippen LogP contribution in [0.25, 0.3) is 10.9 Å². The molecule has 2 N–H and O–H groups in total. The Morgan fingerprint density at radius 1 is 1.44 bits per heavy atom. The Labute approximate surface area is 93.6 Å².